The predicted octanol–water partition coefficient (Wildman–Crippen LogP) is 8.88. The molecule has 3 heteroatoms. The molecule has 0 saturated heterocycles. The Morgan fingerprint density at radius 2 is 1.20 bits per heavy atom. The fourth-order valence-corrected chi connectivity index (χ4v) is 7.71. The molecular formula is C37H23IN2+2. The number of allylic oxidation sites excluding steroid dienone is 1. The van der Waals surface area contributed by atoms with Crippen molar-refractivity contribution in [1.29, 1.82) is 0 Å². The lowest BCUT2D eigenvalue weighted by Crippen LogP contribution is -2.38. The Morgan fingerprint density at radius 3 is 2.05 bits per heavy atom. The zero-order valence-corrected chi connectivity index (χ0v) is 23.8. The van der Waals surface area contributed by atoms with Crippen LogP contribution in [-0.2, 0) is 6.42 Å². The molecule has 1 aliphatic rings. The summed E-state index contributed by atoms with van der Waals surface area (Å²) in [6.07, 6.45) is 7.74. The average molecular weight is 623 g/mol. The molecule has 8 aromatic rings. The van der Waals surface area contributed by atoms with Gasteiger partial charge in [0.25, 0.3) is 0 Å². The lowest BCUT2D eigenvalue weighted by Gasteiger charge is -2.17. The number of halogens is 1. The highest BCUT2D eigenvalue weighted by atomic mass is 127. The van der Waals surface area contributed by atoms with Crippen LogP contribution in [0.15, 0.2) is 122 Å². The Kier molecular flexibility index (Phi) is 4.68. The van der Waals surface area contributed by atoms with E-state index in [9.17, 15) is 0 Å². The number of fused-ring (bicyclic) bond motifs is 9. The van der Waals surface area contributed by atoms with Crippen LogP contribution >= 0.6 is 22.9 Å². The summed E-state index contributed by atoms with van der Waals surface area (Å²) in [5.41, 5.74) is 7.76. The van der Waals surface area contributed by atoms with Crippen LogP contribution in [0.1, 0.15) is 11.1 Å². The fourth-order valence-electron chi connectivity index (χ4n) is 7.06. The van der Waals surface area contributed by atoms with E-state index in [2.05, 4.69) is 158 Å². The second-order valence-corrected chi connectivity index (χ2v) is 11.8. The van der Waals surface area contributed by atoms with Crippen molar-refractivity contribution in [2.24, 2.45) is 0 Å². The highest BCUT2D eigenvalue weighted by molar-refractivity contribution is 14.1. The van der Waals surface area contributed by atoms with Crippen molar-refractivity contribution < 1.29 is 7.35 Å². The number of hydrogen-bond donors (Lipinski definition) is 0. The second-order valence-electron chi connectivity index (χ2n) is 10.7. The van der Waals surface area contributed by atoms with Crippen molar-refractivity contribution in [3.63, 3.8) is 0 Å². The minimum Gasteiger partial charge on any atom is -0.164 e. The van der Waals surface area contributed by atoms with E-state index in [1.165, 1.54) is 82.1 Å². The van der Waals surface area contributed by atoms with Gasteiger partial charge < -0.3 is 0 Å². The molecular weight excluding hydrogens is 599 g/mol. The van der Waals surface area contributed by atoms with E-state index in [0.29, 0.717) is 0 Å². The van der Waals surface area contributed by atoms with Crippen LogP contribution < -0.4 is 7.35 Å². The summed E-state index contributed by atoms with van der Waals surface area (Å²) in [5, 5.41) is 11.9. The van der Waals surface area contributed by atoms with Crippen molar-refractivity contribution in [3.05, 3.63) is 133 Å². The van der Waals surface area contributed by atoms with Crippen LogP contribution in [-0.4, -0.2) is 0 Å². The molecule has 0 amide bonds. The normalized spacial score (nSPS) is 14.1. The van der Waals surface area contributed by atoms with Gasteiger partial charge in [-0.2, -0.15) is 4.57 Å². The van der Waals surface area contributed by atoms with Gasteiger partial charge in [-0.15, -0.1) is 2.78 Å². The van der Waals surface area contributed by atoms with Gasteiger partial charge in [0.05, 0.1) is 22.8 Å². The minimum absolute atomic E-state index is 0.896. The minimum atomic E-state index is 0.896. The third-order valence-electron chi connectivity index (χ3n) is 8.69. The summed E-state index contributed by atoms with van der Waals surface area (Å²) in [6, 6.07) is 40.1. The molecule has 0 spiro atoms. The van der Waals surface area contributed by atoms with Crippen LogP contribution in [0.4, 0.5) is 0 Å². The number of rotatable bonds is 1. The third kappa shape index (κ3) is 2.98. The molecule has 1 aliphatic heterocycles. The highest BCUT2D eigenvalue weighted by Crippen LogP contribution is 2.44. The largest absolute Gasteiger partial charge is 0.354 e. The number of aromatic nitrogens is 2. The molecule has 0 fully saturated rings. The molecule has 0 saturated carbocycles. The topological polar surface area (TPSA) is 7.76 Å². The van der Waals surface area contributed by atoms with E-state index >= 15 is 0 Å². The first-order valence-electron chi connectivity index (χ1n) is 13.7. The lowest BCUT2D eigenvalue weighted by molar-refractivity contribution is -0.571. The molecule has 0 atom stereocenters. The monoisotopic (exact) mass is 622 g/mol. The molecule has 0 unspecified atom stereocenters. The van der Waals surface area contributed by atoms with E-state index in [1.54, 1.807) is 0 Å². The average Bonchev–Trinajstić information content (AvgIpc) is 3.01. The van der Waals surface area contributed by atoms with E-state index in [4.69, 9.17) is 0 Å². The van der Waals surface area contributed by atoms with Crippen molar-refractivity contribution in [3.8, 4) is 11.3 Å². The van der Waals surface area contributed by atoms with Gasteiger partial charge in [-0.1, -0.05) is 78.9 Å². The molecule has 186 valence electrons. The molecule has 40 heavy (non-hydrogen) atoms. The van der Waals surface area contributed by atoms with E-state index in [0.717, 1.165) is 6.42 Å². The van der Waals surface area contributed by atoms with E-state index in [1.807, 2.05) is 0 Å². The Labute approximate surface area is 245 Å². The van der Waals surface area contributed by atoms with Crippen molar-refractivity contribution in [2.75, 3.05) is 0 Å². The van der Waals surface area contributed by atoms with Gasteiger partial charge in [0.1, 0.15) is 0 Å². The van der Waals surface area contributed by atoms with Gasteiger partial charge in [-0.25, -0.2) is 0 Å². The first-order valence-corrected chi connectivity index (χ1v) is 14.7. The molecule has 2 nitrogen and oxygen atoms in total. The van der Waals surface area contributed by atoms with E-state index < -0.39 is 0 Å². The Morgan fingerprint density at radius 1 is 0.550 bits per heavy atom. The molecule has 6 aromatic carbocycles. The van der Waals surface area contributed by atoms with Crippen LogP contribution in [0.25, 0.3) is 77.0 Å². The highest BCUT2D eigenvalue weighted by Gasteiger charge is 2.28. The van der Waals surface area contributed by atoms with Crippen LogP contribution in [0.2, 0.25) is 0 Å². The smallest absolute Gasteiger partial charge is 0.164 e. The molecule has 0 bridgehead atoms. The summed E-state index contributed by atoms with van der Waals surface area (Å²) >= 11 is 2.47. The molecule has 3 heterocycles. The van der Waals surface area contributed by atoms with Crippen LogP contribution in [0, 0.1) is 0 Å². The second kappa shape index (κ2) is 8.33. The van der Waals surface area contributed by atoms with Gasteiger partial charge in [0.2, 0.25) is 11.2 Å². The summed E-state index contributed by atoms with van der Waals surface area (Å²) in [7, 11) is 0. The number of pyridine rings is 2. The molecule has 0 N–H and O–H groups in total. The maximum atomic E-state index is 2.47. The molecule has 2 aromatic heterocycles. The van der Waals surface area contributed by atoms with Gasteiger partial charge in [-0.05, 0) is 50.2 Å². The van der Waals surface area contributed by atoms with Crippen LogP contribution in [0.5, 0.6) is 0 Å². The van der Waals surface area contributed by atoms with Gasteiger partial charge in [-0.3, -0.25) is 0 Å². The fraction of sp³-hybridized carbons (Fsp3) is 0.0270. The summed E-state index contributed by atoms with van der Waals surface area (Å²) in [6.45, 7) is 0. The standard InChI is InChI=1S/C37H23IN2/c38-40-20-18-32-28-13-4-3-12-27(28)29-15-8-16-31-30-14-7-10-24(34(30)37(40)36(32)35(29)31)22-25-21-23-9-1-2-11-26(23)33-17-5-6-19-39(25)33/h1-20,22H,21H2/q+2/b25-22-. The Hall–Kier alpha value is -4.35. The van der Waals surface area contributed by atoms with Crippen molar-refractivity contribution in [1.82, 2.24) is 0 Å². The van der Waals surface area contributed by atoms with Crippen molar-refractivity contribution >= 4 is 88.6 Å². The Balaban J connectivity index is 1.45. The molecule has 9 rings (SSSR count). The first-order chi connectivity index (χ1) is 19.8. The number of nitrogens with zero attached hydrogens (tertiary/aromatic N) is 2. The summed E-state index contributed by atoms with van der Waals surface area (Å²) in [5.74, 6) is 0. The Bertz CT molecular complexity index is 2370. The third-order valence-corrected chi connectivity index (χ3v) is 9.50. The maximum absolute atomic E-state index is 2.47. The summed E-state index contributed by atoms with van der Waals surface area (Å²) < 4.78 is 4.66. The number of hydrogen-bond acceptors (Lipinski definition) is 0. The quantitative estimate of drug-likeness (QED) is 0.0748. The van der Waals surface area contributed by atoms with Gasteiger partial charge in [0.15, 0.2) is 18.1 Å². The zero-order chi connectivity index (χ0) is 26.4. The maximum Gasteiger partial charge on any atom is 0.354 e. The van der Waals surface area contributed by atoms with Gasteiger partial charge in [0, 0.05) is 35.0 Å². The molecule has 0 aliphatic carbocycles. The van der Waals surface area contributed by atoms with Crippen molar-refractivity contribution in [2.45, 2.75) is 6.42 Å². The predicted molar refractivity (Wildman–Crippen MR) is 175 cm³/mol. The lowest BCUT2D eigenvalue weighted by atomic mass is 9.86. The van der Waals surface area contributed by atoms with Gasteiger partial charge >= 0.3 is 22.9 Å². The first kappa shape index (κ1) is 22.5. The van der Waals surface area contributed by atoms with E-state index in [-0.39, 0.29) is 0 Å². The van der Waals surface area contributed by atoms with Crippen LogP contribution in [0.3, 0.4) is 0 Å². The zero-order valence-electron chi connectivity index (χ0n) is 21.6. The molecule has 0 radical (unpaired) electrons. The number of benzene rings is 6. The summed E-state index contributed by atoms with van der Waals surface area (Å²) in [4.78, 5) is 0. The SMILES string of the molecule is I[n+]1ccc2c3ccccc3c3cccc4c5cccc(/C=C6/Cc7ccccc7-c7cccc[n+]76)c5c1c2c34.